The molecule has 0 aromatic heterocycles. The second kappa shape index (κ2) is 8.17. The molecule has 25 heavy (non-hydrogen) atoms. The maximum absolute atomic E-state index is 11.8. The third kappa shape index (κ3) is 4.20. The van der Waals surface area contributed by atoms with E-state index in [9.17, 15) is 4.79 Å². The minimum absolute atomic E-state index is 0.306. The molecule has 0 saturated heterocycles. The lowest BCUT2D eigenvalue weighted by Crippen LogP contribution is -2.43. The molecule has 132 valence electrons. The number of fused-ring (bicyclic) bond motifs is 1. The molecule has 0 bridgehead atoms. The molecule has 0 fully saturated rings. The lowest BCUT2D eigenvalue weighted by atomic mass is 9.98. The Labute approximate surface area is 149 Å². The molecule has 1 aliphatic rings. The molecular weight excluding hydrogens is 314 g/mol. The van der Waals surface area contributed by atoms with Gasteiger partial charge in [0, 0.05) is 12.6 Å². The third-order valence-electron chi connectivity index (χ3n) is 4.62. The molecule has 0 aliphatic carbocycles. The summed E-state index contributed by atoms with van der Waals surface area (Å²) >= 11 is 0. The van der Waals surface area contributed by atoms with Crippen molar-refractivity contribution < 1.29 is 14.3 Å². The molecule has 2 aromatic carbocycles. The van der Waals surface area contributed by atoms with Gasteiger partial charge in [-0.3, -0.25) is 4.90 Å². The molecule has 3 rings (SSSR count). The molecule has 0 amide bonds. The fourth-order valence-electron chi connectivity index (χ4n) is 3.35. The van der Waals surface area contributed by atoms with Crippen molar-refractivity contribution in [1.29, 1.82) is 0 Å². The molecule has 1 heterocycles. The van der Waals surface area contributed by atoms with E-state index in [4.69, 9.17) is 9.47 Å². The molecule has 1 aliphatic heterocycles. The van der Waals surface area contributed by atoms with Crippen LogP contribution >= 0.6 is 0 Å². The van der Waals surface area contributed by atoms with E-state index in [1.165, 1.54) is 12.7 Å². The van der Waals surface area contributed by atoms with Gasteiger partial charge >= 0.3 is 5.97 Å². The zero-order valence-corrected chi connectivity index (χ0v) is 14.9. The number of methoxy groups -OCH3 is 1. The van der Waals surface area contributed by atoms with E-state index in [1.54, 1.807) is 6.07 Å². The number of esters is 1. The average Bonchev–Trinajstić information content (AvgIpc) is 2.67. The van der Waals surface area contributed by atoms with Gasteiger partial charge in [0.1, 0.15) is 12.4 Å². The molecule has 4 heteroatoms. The van der Waals surface area contributed by atoms with E-state index in [0.29, 0.717) is 18.2 Å². The highest BCUT2D eigenvalue weighted by Gasteiger charge is 2.26. The summed E-state index contributed by atoms with van der Waals surface area (Å²) < 4.78 is 10.8. The van der Waals surface area contributed by atoms with Crippen molar-refractivity contribution in [3.8, 4) is 5.75 Å². The van der Waals surface area contributed by atoms with Crippen LogP contribution in [0.1, 0.15) is 34.8 Å². The molecule has 0 unspecified atom stereocenters. The van der Waals surface area contributed by atoms with Gasteiger partial charge in [0.15, 0.2) is 0 Å². The first-order chi connectivity index (χ1) is 12.2. The van der Waals surface area contributed by atoms with Crippen LogP contribution < -0.4 is 4.74 Å². The van der Waals surface area contributed by atoms with E-state index in [2.05, 4.69) is 36.1 Å². The van der Waals surface area contributed by atoms with Crippen LogP contribution in [0.2, 0.25) is 0 Å². The molecular formula is C21H25NO3. The molecule has 4 nitrogen and oxygen atoms in total. The first-order valence-electron chi connectivity index (χ1n) is 8.83. The number of carbonyl (C=O) groups excluding carboxylic acids is 1. The number of benzene rings is 2. The van der Waals surface area contributed by atoms with Crippen LogP contribution in [0, 0.1) is 0 Å². The number of rotatable bonds is 6. The maximum Gasteiger partial charge on any atom is 0.337 e. The lowest BCUT2D eigenvalue weighted by molar-refractivity contribution is 0.0600. The SMILES string of the molecule is CCCN(Cc1ccccc1)[C@@H]1COc2ccc(C(=O)OC)cc2C1. The number of ether oxygens (including phenoxy) is 2. The summed E-state index contributed by atoms with van der Waals surface area (Å²) in [4.78, 5) is 14.3. The van der Waals surface area contributed by atoms with Gasteiger partial charge in [-0.25, -0.2) is 4.79 Å². The Bertz CT molecular complexity index is 714. The zero-order valence-electron chi connectivity index (χ0n) is 14.9. The second-order valence-corrected chi connectivity index (χ2v) is 6.44. The zero-order chi connectivity index (χ0) is 17.6. The monoisotopic (exact) mass is 339 g/mol. The van der Waals surface area contributed by atoms with Gasteiger partial charge in [0.25, 0.3) is 0 Å². The number of hydrogen-bond acceptors (Lipinski definition) is 4. The topological polar surface area (TPSA) is 38.8 Å². The van der Waals surface area contributed by atoms with Crippen molar-refractivity contribution in [2.45, 2.75) is 32.4 Å². The molecule has 1 atom stereocenters. The van der Waals surface area contributed by atoms with Gasteiger partial charge in [-0.05, 0) is 48.7 Å². The standard InChI is InChI=1S/C21H25NO3/c1-3-11-22(14-16-7-5-4-6-8-16)19-13-18-12-17(21(23)24-2)9-10-20(18)25-15-19/h4-10,12,19H,3,11,13-15H2,1-2H3/t19-/m0/s1. The van der Waals surface area contributed by atoms with Gasteiger partial charge in [0.05, 0.1) is 12.7 Å². The Kier molecular flexibility index (Phi) is 5.71. The van der Waals surface area contributed by atoms with Crippen molar-refractivity contribution in [2.24, 2.45) is 0 Å². The first-order valence-corrected chi connectivity index (χ1v) is 8.83. The van der Waals surface area contributed by atoms with Crippen LogP contribution in [0.4, 0.5) is 0 Å². The van der Waals surface area contributed by atoms with E-state index in [0.717, 1.165) is 37.2 Å². The van der Waals surface area contributed by atoms with E-state index < -0.39 is 0 Å². The Morgan fingerprint density at radius 2 is 2.04 bits per heavy atom. The minimum atomic E-state index is -0.306. The quantitative estimate of drug-likeness (QED) is 0.753. The Balaban J connectivity index is 1.77. The average molecular weight is 339 g/mol. The fraction of sp³-hybridized carbons (Fsp3) is 0.381. The predicted molar refractivity (Wildman–Crippen MR) is 97.9 cm³/mol. The first kappa shape index (κ1) is 17.5. The molecule has 0 radical (unpaired) electrons. The summed E-state index contributed by atoms with van der Waals surface area (Å²) in [5.74, 6) is 0.569. The van der Waals surface area contributed by atoms with Gasteiger partial charge in [-0.15, -0.1) is 0 Å². The van der Waals surface area contributed by atoms with Crippen molar-refractivity contribution in [1.82, 2.24) is 4.90 Å². The van der Waals surface area contributed by atoms with Crippen molar-refractivity contribution in [2.75, 3.05) is 20.3 Å². The number of hydrogen-bond donors (Lipinski definition) is 0. The Morgan fingerprint density at radius 1 is 1.24 bits per heavy atom. The molecule has 0 spiro atoms. The third-order valence-corrected chi connectivity index (χ3v) is 4.62. The lowest BCUT2D eigenvalue weighted by Gasteiger charge is -2.35. The summed E-state index contributed by atoms with van der Waals surface area (Å²) in [6.07, 6.45) is 1.98. The van der Waals surface area contributed by atoms with E-state index >= 15 is 0 Å². The van der Waals surface area contributed by atoms with Crippen LogP contribution in [-0.4, -0.2) is 37.2 Å². The van der Waals surface area contributed by atoms with Crippen LogP contribution in [0.15, 0.2) is 48.5 Å². The highest BCUT2D eigenvalue weighted by molar-refractivity contribution is 5.89. The second-order valence-electron chi connectivity index (χ2n) is 6.44. The Morgan fingerprint density at radius 3 is 2.76 bits per heavy atom. The summed E-state index contributed by atoms with van der Waals surface area (Å²) in [5.41, 5.74) is 2.97. The summed E-state index contributed by atoms with van der Waals surface area (Å²) in [6, 6.07) is 16.4. The Hall–Kier alpha value is -2.33. The largest absolute Gasteiger partial charge is 0.492 e. The fourth-order valence-corrected chi connectivity index (χ4v) is 3.35. The van der Waals surface area contributed by atoms with Crippen LogP contribution in [0.25, 0.3) is 0 Å². The van der Waals surface area contributed by atoms with Gasteiger partial charge in [-0.1, -0.05) is 37.3 Å². The summed E-state index contributed by atoms with van der Waals surface area (Å²) in [7, 11) is 1.41. The number of nitrogens with zero attached hydrogens (tertiary/aromatic N) is 1. The summed E-state index contributed by atoms with van der Waals surface area (Å²) in [6.45, 7) is 4.81. The smallest absolute Gasteiger partial charge is 0.337 e. The predicted octanol–water partition coefficient (Wildman–Crippen LogP) is 3.69. The van der Waals surface area contributed by atoms with Crippen LogP contribution in [-0.2, 0) is 17.7 Å². The molecule has 2 aromatic rings. The van der Waals surface area contributed by atoms with Crippen molar-refractivity contribution >= 4 is 5.97 Å². The van der Waals surface area contributed by atoms with Crippen molar-refractivity contribution in [3.63, 3.8) is 0 Å². The summed E-state index contributed by atoms with van der Waals surface area (Å²) in [5, 5.41) is 0. The maximum atomic E-state index is 11.8. The normalized spacial score (nSPS) is 16.2. The van der Waals surface area contributed by atoms with E-state index in [-0.39, 0.29) is 5.97 Å². The highest BCUT2D eigenvalue weighted by Crippen LogP contribution is 2.28. The molecule has 0 saturated carbocycles. The highest BCUT2D eigenvalue weighted by atomic mass is 16.5. The van der Waals surface area contributed by atoms with Gasteiger partial charge < -0.3 is 9.47 Å². The molecule has 0 N–H and O–H groups in total. The number of carbonyl (C=O) groups is 1. The van der Waals surface area contributed by atoms with Crippen LogP contribution in [0.5, 0.6) is 5.75 Å². The van der Waals surface area contributed by atoms with Crippen LogP contribution in [0.3, 0.4) is 0 Å². The van der Waals surface area contributed by atoms with Gasteiger partial charge in [0.2, 0.25) is 0 Å². The van der Waals surface area contributed by atoms with Crippen molar-refractivity contribution in [3.05, 3.63) is 65.2 Å². The van der Waals surface area contributed by atoms with Gasteiger partial charge in [-0.2, -0.15) is 0 Å². The minimum Gasteiger partial charge on any atom is -0.492 e. The van der Waals surface area contributed by atoms with E-state index in [1.807, 2.05) is 18.2 Å².